The Morgan fingerprint density at radius 2 is 2.40 bits per heavy atom. The first-order chi connectivity index (χ1) is 9.63. The van der Waals surface area contributed by atoms with Crippen molar-refractivity contribution in [2.24, 2.45) is 5.92 Å². The highest BCUT2D eigenvalue weighted by atomic mass is 35.5. The molecular weight excluding hydrogens is 278 g/mol. The van der Waals surface area contributed by atoms with Crippen molar-refractivity contribution in [1.29, 1.82) is 0 Å². The topological polar surface area (TPSA) is 58.6 Å². The number of hydrogen-bond donors (Lipinski definition) is 2. The van der Waals surface area contributed by atoms with E-state index in [-0.39, 0.29) is 12.5 Å². The minimum Gasteiger partial charge on any atom is -0.480 e. The Bertz CT molecular complexity index is 478. The van der Waals surface area contributed by atoms with Crippen LogP contribution in [0.5, 0.6) is 5.75 Å². The number of aliphatic hydroxyl groups excluding tert-OH is 1. The van der Waals surface area contributed by atoms with Crippen LogP contribution in [0.15, 0.2) is 18.2 Å². The molecule has 2 rings (SSSR count). The molecule has 0 saturated heterocycles. The predicted octanol–water partition coefficient (Wildman–Crippen LogP) is 2.17. The molecule has 2 N–H and O–H groups in total. The second kappa shape index (κ2) is 6.95. The lowest BCUT2D eigenvalue weighted by Crippen LogP contribution is -2.39. The summed E-state index contributed by atoms with van der Waals surface area (Å²) in [5.41, 5.74) is 0.972. The van der Waals surface area contributed by atoms with Gasteiger partial charge in [0.25, 0.3) is 5.91 Å². The summed E-state index contributed by atoms with van der Waals surface area (Å²) in [5, 5.41) is 12.5. The number of halogens is 1. The van der Waals surface area contributed by atoms with Gasteiger partial charge in [-0.25, -0.2) is 0 Å². The Balaban J connectivity index is 1.86. The molecule has 1 aliphatic rings. The van der Waals surface area contributed by atoms with Gasteiger partial charge in [-0.2, -0.15) is 0 Å². The molecule has 1 aromatic carbocycles. The number of nitrogens with one attached hydrogen (secondary N) is 1. The van der Waals surface area contributed by atoms with Crippen molar-refractivity contribution in [1.82, 2.24) is 5.32 Å². The van der Waals surface area contributed by atoms with E-state index in [4.69, 9.17) is 21.4 Å². The standard InChI is InChI=1S/C15H20ClNO3/c1-2-10(5-6-18)9-17-15(19)14-8-11-7-12(16)3-4-13(11)20-14/h3-4,7,10,14,18H,2,5-6,8-9H2,1H3,(H,17,19). The minimum absolute atomic E-state index is 0.103. The first kappa shape index (κ1) is 15.1. The molecule has 0 spiro atoms. The van der Waals surface area contributed by atoms with Crippen molar-refractivity contribution in [3.05, 3.63) is 28.8 Å². The second-order valence-corrected chi connectivity index (χ2v) is 5.53. The maximum atomic E-state index is 12.1. The van der Waals surface area contributed by atoms with E-state index in [9.17, 15) is 4.79 Å². The molecule has 0 saturated carbocycles. The van der Waals surface area contributed by atoms with Crippen molar-refractivity contribution in [2.75, 3.05) is 13.2 Å². The van der Waals surface area contributed by atoms with Gasteiger partial charge in [0.1, 0.15) is 5.75 Å². The van der Waals surface area contributed by atoms with Crippen LogP contribution in [0.1, 0.15) is 25.3 Å². The van der Waals surface area contributed by atoms with Gasteiger partial charge >= 0.3 is 0 Å². The number of carbonyl (C=O) groups excluding carboxylic acids is 1. The summed E-state index contributed by atoms with van der Waals surface area (Å²) < 4.78 is 5.63. The summed E-state index contributed by atoms with van der Waals surface area (Å²) in [7, 11) is 0. The molecular formula is C15H20ClNO3. The van der Waals surface area contributed by atoms with Crippen LogP contribution in [0.3, 0.4) is 0 Å². The lowest BCUT2D eigenvalue weighted by atomic mass is 10.0. The van der Waals surface area contributed by atoms with Crippen LogP contribution in [0.25, 0.3) is 0 Å². The van der Waals surface area contributed by atoms with Gasteiger partial charge in [0.05, 0.1) is 0 Å². The van der Waals surface area contributed by atoms with Crippen LogP contribution in [0.4, 0.5) is 0 Å². The quantitative estimate of drug-likeness (QED) is 0.846. The van der Waals surface area contributed by atoms with Crippen LogP contribution in [-0.2, 0) is 11.2 Å². The van der Waals surface area contributed by atoms with E-state index < -0.39 is 6.10 Å². The molecule has 1 heterocycles. The average molecular weight is 298 g/mol. The van der Waals surface area contributed by atoms with Crippen molar-refractivity contribution < 1.29 is 14.6 Å². The molecule has 5 heteroatoms. The first-order valence-corrected chi connectivity index (χ1v) is 7.35. The van der Waals surface area contributed by atoms with Gasteiger partial charge in [-0.3, -0.25) is 4.79 Å². The van der Waals surface area contributed by atoms with Crippen LogP contribution >= 0.6 is 11.6 Å². The molecule has 1 aliphatic heterocycles. The molecule has 4 nitrogen and oxygen atoms in total. The minimum atomic E-state index is -0.477. The van der Waals surface area contributed by atoms with Crippen LogP contribution in [-0.4, -0.2) is 30.3 Å². The van der Waals surface area contributed by atoms with Crippen molar-refractivity contribution >= 4 is 17.5 Å². The van der Waals surface area contributed by atoms with Gasteiger partial charge in [-0.05, 0) is 36.1 Å². The molecule has 110 valence electrons. The van der Waals surface area contributed by atoms with E-state index >= 15 is 0 Å². The lowest BCUT2D eigenvalue weighted by molar-refractivity contribution is -0.127. The Kier molecular flexibility index (Phi) is 5.26. The molecule has 0 aromatic heterocycles. The summed E-state index contributed by atoms with van der Waals surface area (Å²) >= 11 is 5.93. The van der Waals surface area contributed by atoms with E-state index in [0.717, 1.165) is 17.7 Å². The molecule has 0 radical (unpaired) electrons. The number of ether oxygens (including phenoxy) is 1. The Morgan fingerprint density at radius 3 is 3.10 bits per heavy atom. The fraction of sp³-hybridized carbons (Fsp3) is 0.533. The van der Waals surface area contributed by atoms with Crippen molar-refractivity contribution in [3.8, 4) is 5.75 Å². The molecule has 1 aromatic rings. The fourth-order valence-corrected chi connectivity index (χ4v) is 2.55. The number of amides is 1. The lowest BCUT2D eigenvalue weighted by Gasteiger charge is -2.16. The maximum Gasteiger partial charge on any atom is 0.261 e. The monoisotopic (exact) mass is 297 g/mol. The van der Waals surface area contributed by atoms with Gasteiger partial charge in [-0.15, -0.1) is 0 Å². The maximum absolute atomic E-state index is 12.1. The summed E-state index contributed by atoms with van der Waals surface area (Å²) in [6.07, 6.45) is 1.72. The average Bonchev–Trinajstić information content (AvgIpc) is 2.86. The summed E-state index contributed by atoms with van der Waals surface area (Å²) in [5.74, 6) is 0.938. The van der Waals surface area contributed by atoms with Crippen LogP contribution in [0, 0.1) is 5.92 Å². The Hall–Kier alpha value is -1.26. The Labute approximate surface area is 124 Å². The van der Waals surface area contributed by atoms with Crippen molar-refractivity contribution in [3.63, 3.8) is 0 Å². The van der Waals surface area contributed by atoms with E-state index in [1.165, 1.54) is 0 Å². The van der Waals surface area contributed by atoms with Crippen LogP contribution < -0.4 is 10.1 Å². The van der Waals surface area contributed by atoms with Gasteiger partial charge in [0, 0.05) is 24.6 Å². The van der Waals surface area contributed by atoms with E-state index in [1.54, 1.807) is 12.1 Å². The van der Waals surface area contributed by atoms with Crippen LogP contribution in [0.2, 0.25) is 5.02 Å². The molecule has 0 bridgehead atoms. The van der Waals surface area contributed by atoms with E-state index in [1.807, 2.05) is 6.07 Å². The molecule has 2 unspecified atom stereocenters. The zero-order valence-corrected chi connectivity index (χ0v) is 12.3. The SMILES string of the molecule is CCC(CCO)CNC(=O)C1Cc2cc(Cl)ccc2O1. The van der Waals surface area contributed by atoms with Gasteiger partial charge in [0.15, 0.2) is 6.10 Å². The third kappa shape index (κ3) is 3.64. The van der Waals surface area contributed by atoms with Gasteiger partial charge < -0.3 is 15.2 Å². The van der Waals surface area contributed by atoms with E-state index in [2.05, 4.69) is 12.2 Å². The largest absolute Gasteiger partial charge is 0.480 e. The molecule has 2 atom stereocenters. The second-order valence-electron chi connectivity index (χ2n) is 5.09. The third-order valence-electron chi connectivity index (χ3n) is 3.67. The smallest absolute Gasteiger partial charge is 0.261 e. The number of fused-ring (bicyclic) bond motifs is 1. The first-order valence-electron chi connectivity index (χ1n) is 6.97. The number of aliphatic hydroxyl groups is 1. The summed E-state index contributed by atoms with van der Waals surface area (Å²) in [6, 6.07) is 5.39. The normalized spacial score (nSPS) is 18.2. The molecule has 0 fully saturated rings. The van der Waals surface area contributed by atoms with Gasteiger partial charge in [0.2, 0.25) is 0 Å². The van der Waals surface area contributed by atoms with Crippen molar-refractivity contribution in [2.45, 2.75) is 32.3 Å². The zero-order valence-electron chi connectivity index (χ0n) is 11.6. The number of carbonyl (C=O) groups is 1. The van der Waals surface area contributed by atoms with E-state index in [0.29, 0.717) is 30.3 Å². The zero-order chi connectivity index (χ0) is 14.5. The number of benzene rings is 1. The highest BCUT2D eigenvalue weighted by Gasteiger charge is 2.29. The predicted molar refractivity (Wildman–Crippen MR) is 78.1 cm³/mol. The third-order valence-corrected chi connectivity index (χ3v) is 3.90. The fourth-order valence-electron chi connectivity index (χ4n) is 2.36. The summed E-state index contributed by atoms with van der Waals surface area (Å²) in [4.78, 5) is 12.1. The number of rotatable bonds is 6. The molecule has 0 aliphatic carbocycles. The molecule has 20 heavy (non-hydrogen) atoms. The Morgan fingerprint density at radius 1 is 1.60 bits per heavy atom. The number of hydrogen-bond acceptors (Lipinski definition) is 3. The highest BCUT2D eigenvalue weighted by molar-refractivity contribution is 6.30. The van der Waals surface area contributed by atoms with Gasteiger partial charge in [-0.1, -0.05) is 24.9 Å². The summed E-state index contributed by atoms with van der Waals surface area (Å²) in [6.45, 7) is 2.78. The molecule has 1 amide bonds. The highest BCUT2D eigenvalue weighted by Crippen LogP contribution is 2.31.